The van der Waals surface area contributed by atoms with Crippen molar-refractivity contribution in [1.82, 2.24) is 0 Å². The summed E-state index contributed by atoms with van der Waals surface area (Å²) in [5.74, 6) is -1.40. The Labute approximate surface area is 198 Å². The van der Waals surface area contributed by atoms with Crippen molar-refractivity contribution in [3.63, 3.8) is 0 Å². The summed E-state index contributed by atoms with van der Waals surface area (Å²) >= 11 is 0. The maximum atomic E-state index is 14.4. The third-order valence-corrected chi connectivity index (χ3v) is 5.98. The molecule has 3 N–H and O–H groups in total. The van der Waals surface area contributed by atoms with E-state index in [1.807, 2.05) is 42.5 Å². The molecule has 4 rings (SSSR count). The van der Waals surface area contributed by atoms with Gasteiger partial charge in [0.25, 0.3) is 0 Å². The van der Waals surface area contributed by atoms with Crippen molar-refractivity contribution >= 4 is 28.9 Å². The van der Waals surface area contributed by atoms with Crippen LogP contribution in [0.25, 0.3) is 0 Å². The molecule has 1 amide bonds. The van der Waals surface area contributed by atoms with Crippen LogP contribution in [0.1, 0.15) is 29.5 Å². The number of para-hydroxylation sites is 1. The highest BCUT2D eigenvalue weighted by atomic mass is 19.1. The predicted molar refractivity (Wildman–Crippen MR) is 132 cm³/mol. The highest BCUT2D eigenvalue weighted by Gasteiger charge is 2.21. The zero-order chi connectivity index (χ0) is 23.9. The molecule has 0 aliphatic carbocycles. The molecule has 1 heterocycles. The number of anilines is 3. The SMILES string of the molecule is O=C(O)CCc1ccc(NCc2cccc3c2CCCN3CC(=O)Nc2ccccc2)cc1F. The Bertz CT molecular complexity index is 1170. The summed E-state index contributed by atoms with van der Waals surface area (Å²) < 4.78 is 14.4. The second-order valence-corrected chi connectivity index (χ2v) is 8.41. The number of amides is 1. The van der Waals surface area contributed by atoms with E-state index in [0.29, 0.717) is 17.8 Å². The Hall–Kier alpha value is -3.87. The molecule has 176 valence electrons. The van der Waals surface area contributed by atoms with Crippen LogP contribution in [0.5, 0.6) is 0 Å². The number of aliphatic carboxylic acids is 1. The van der Waals surface area contributed by atoms with Crippen LogP contribution in [-0.4, -0.2) is 30.1 Å². The second kappa shape index (κ2) is 10.8. The topological polar surface area (TPSA) is 81.7 Å². The molecular weight excluding hydrogens is 433 g/mol. The normalized spacial score (nSPS) is 12.7. The number of fused-ring (bicyclic) bond motifs is 1. The van der Waals surface area contributed by atoms with Gasteiger partial charge in [-0.2, -0.15) is 0 Å². The van der Waals surface area contributed by atoms with E-state index in [4.69, 9.17) is 5.11 Å². The van der Waals surface area contributed by atoms with Crippen molar-refractivity contribution in [3.8, 4) is 0 Å². The van der Waals surface area contributed by atoms with Crippen molar-refractivity contribution in [2.45, 2.75) is 32.2 Å². The molecule has 1 aliphatic heterocycles. The first kappa shape index (κ1) is 23.3. The van der Waals surface area contributed by atoms with Gasteiger partial charge >= 0.3 is 5.97 Å². The Balaban J connectivity index is 1.41. The molecular formula is C27H28FN3O3. The molecule has 0 atom stereocenters. The maximum Gasteiger partial charge on any atom is 0.303 e. The van der Waals surface area contributed by atoms with Gasteiger partial charge in [-0.25, -0.2) is 4.39 Å². The van der Waals surface area contributed by atoms with Crippen molar-refractivity contribution < 1.29 is 19.1 Å². The lowest BCUT2D eigenvalue weighted by molar-refractivity contribution is -0.137. The van der Waals surface area contributed by atoms with E-state index in [1.165, 1.54) is 11.6 Å². The van der Waals surface area contributed by atoms with Crippen LogP contribution in [0.4, 0.5) is 21.5 Å². The Morgan fingerprint density at radius 2 is 1.79 bits per heavy atom. The molecule has 0 spiro atoms. The zero-order valence-corrected chi connectivity index (χ0v) is 18.9. The lowest BCUT2D eigenvalue weighted by Crippen LogP contribution is -2.37. The van der Waals surface area contributed by atoms with Gasteiger partial charge in [-0.05, 0) is 66.3 Å². The van der Waals surface area contributed by atoms with Gasteiger partial charge in [0.05, 0.1) is 6.54 Å². The second-order valence-electron chi connectivity index (χ2n) is 8.41. The number of carbonyl (C=O) groups is 2. The van der Waals surface area contributed by atoms with E-state index in [0.717, 1.165) is 36.3 Å². The van der Waals surface area contributed by atoms with Gasteiger partial charge in [0.15, 0.2) is 0 Å². The summed E-state index contributed by atoms with van der Waals surface area (Å²) in [7, 11) is 0. The first-order chi connectivity index (χ1) is 16.5. The van der Waals surface area contributed by atoms with Gasteiger partial charge < -0.3 is 20.6 Å². The summed E-state index contributed by atoms with van der Waals surface area (Å²) in [5, 5.41) is 15.0. The van der Waals surface area contributed by atoms with E-state index in [1.54, 1.807) is 12.1 Å². The van der Waals surface area contributed by atoms with Crippen LogP contribution in [0.3, 0.4) is 0 Å². The average molecular weight is 462 g/mol. The first-order valence-corrected chi connectivity index (χ1v) is 11.4. The van der Waals surface area contributed by atoms with Gasteiger partial charge in [-0.15, -0.1) is 0 Å². The molecule has 1 aliphatic rings. The molecule has 3 aromatic carbocycles. The molecule has 0 radical (unpaired) electrons. The van der Waals surface area contributed by atoms with Crippen molar-refractivity contribution in [1.29, 1.82) is 0 Å². The number of carboxylic acids is 1. The van der Waals surface area contributed by atoms with Gasteiger partial charge in [-0.1, -0.05) is 36.4 Å². The third kappa shape index (κ3) is 5.92. The lowest BCUT2D eigenvalue weighted by atomic mass is 9.96. The van der Waals surface area contributed by atoms with E-state index in [2.05, 4.69) is 21.6 Å². The van der Waals surface area contributed by atoms with Crippen molar-refractivity contribution in [2.75, 3.05) is 28.6 Å². The molecule has 34 heavy (non-hydrogen) atoms. The Morgan fingerprint density at radius 3 is 2.56 bits per heavy atom. The first-order valence-electron chi connectivity index (χ1n) is 11.4. The average Bonchev–Trinajstić information content (AvgIpc) is 2.83. The number of aryl methyl sites for hydroxylation is 1. The summed E-state index contributed by atoms with van der Waals surface area (Å²) in [6.07, 6.45) is 1.95. The Kier molecular flexibility index (Phi) is 7.42. The lowest BCUT2D eigenvalue weighted by Gasteiger charge is -2.32. The summed E-state index contributed by atoms with van der Waals surface area (Å²) in [6.45, 7) is 1.62. The largest absolute Gasteiger partial charge is 0.481 e. The molecule has 0 aromatic heterocycles. The van der Waals surface area contributed by atoms with E-state index >= 15 is 0 Å². The minimum absolute atomic E-state index is 0.0546. The standard InChI is InChI=1S/C27H28FN3O3/c28-24-16-22(13-11-19(24)12-14-27(33)34)29-17-20-6-4-10-25-23(20)9-5-15-31(25)18-26(32)30-21-7-2-1-3-8-21/h1-4,6-8,10-11,13,16,29H,5,9,12,14-15,17-18H2,(H,30,32)(H,33,34). The molecule has 0 fully saturated rings. The number of nitrogens with zero attached hydrogens (tertiary/aromatic N) is 1. The summed E-state index contributed by atoms with van der Waals surface area (Å²) in [5.41, 5.74) is 5.19. The highest BCUT2D eigenvalue weighted by Crippen LogP contribution is 2.30. The highest BCUT2D eigenvalue weighted by molar-refractivity contribution is 5.94. The number of carboxylic acid groups (broad SMARTS) is 1. The number of hydrogen-bond donors (Lipinski definition) is 3. The van der Waals surface area contributed by atoms with Crippen LogP contribution in [0.15, 0.2) is 66.7 Å². The van der Waals surface area contributed by atoms with Crippen LogP contribution in [-0.2, 0) is 29.0 Å². The fourth-order valence-electron chi connectivity index (χ4n) is 4.30. The molecule has 6 nitrogen and oxygen atoms in total. The molecule has 0 saturated carbocycles. The number of benzene rings is 3. The maximum absolute atomic E-state index is 14.4. The Morgan fingerprint density at radius 1 is 0.971 bits per heavy atom. The quantitative estimate of drug-likeness (QED) is 0.425. The van der Waals surface area contributed by atoms with E-state index in [9.17, 15) is 14.0 Å². The number of hydrogen-bond acceptors (Lipinski definition) is 4. The minimum Gasteiger partial charge on any atom is -0.481 e. The number of rotatable bonds is 9. The van der Waals surface area contributed by atoms with Gasteiger partial charge in [0, 0.05) is 36.6 Å². The fourth-order valence-corrected chi connectivity index (χ4v) is 4.30. The van der Waals surface area contributed by atoms with Crippen LogP contribution < -0.4 is 15.5 Å². The van der Waals surface area contributed by atoms with E-state index < -0.39 is 11.8 Å². The number of carbonyl (C=O) groups excluding carboxylic acids is 1. The minimum atomic E-state index is -0.943. The predicted octanol–water partition coefficient (Wildman–Crippen LogP) is 4.85. The smallest absolute Gasteiger partial charge is 0.303 e. The van der Waals surface area contributed by atoms with Crippen LogP contribution in [0, 0.1) is 5.82 Å². The third-order valence-electron chi connectivity index (χ3n) is 5.98. The summed E-state index contributed by atoms with van der Waals surface area (Å²) in [4.78, 5) is 25.4. The fraction of sp³-hybridized carbons (Fsp3) is 0.259. The zero-order valence-electron chi connectivity index (χ0n) is 18.9. The molecule has 3 aromatic rings. The monoisotopic (exact) mass is 461 g/mol. The van der Waals surface area contributed by atoms with Gasteiger partial charge in [0.2, 0.25) is 5.91 Å². The summed E-state index contributed by atoms with van der Waals surface area (Å²) in [6, 6.07) is 20.3. The van der Waals surface area contributed by atoms with Crippen LogP contribution >= 0.6 is 0 Å². The molecule has 0 bridgehead atoms. The van der Waals surface area contributed by atoms with Gasteiger partial charge in [-0.3, -0.25) is 9.59 Å². The van der Waals surface area contributed by atoms with Crippen molar-refractivity contribution in [3.05, 3.63) is 89.2 Å². The number of nitrogens with one attached hydrogen (secondary N) is 2. The molecule has 7 heteroatoms. The number of halogens is 1. The molecule has 0 unspecified atom stereocenters. The van der Waals surface area contributed by atoms with E-state index in [-0.39, 0.29) is 25.3 Å². The van der Waals surface area contributed by atoms with Crippen molar-refractivity contribution in [2.24, 2.45) is 0 Å². The molecule has 0 saturated heterocycles. The van der Waals surface area contributed by atoms with Crippen LogP contribution in [0.2, 0.25) is 0 Å². The van der Waals surface area contributed by atoms with Gasteiger partial charge in [0.1, 0.15) is 5.82 Å².